The molecular weight excluding hydrogens is 649 g/mol. The van der Waals surface area contributed by atoms with Crippen LogP contribution >= 0.6 is 0 Å². The van der Waals surface area contributed by atoms with Crippen LogP contribution in [0.15, 0.2) is 206 Å². The van der Waals surface area contributed by atoms with Crippen molar-refractivity contribution in [1.29, 1.82) is 0 Å². The molecule has 0 amide bonds. The lowest BCUT2D eigenvalue weighted by atomic mass is 9.80. The molecule has 0 atom stereocenters. The van der Waals surface area contributed by atoms with Crippen molar-refractivity contribution in [1.82, 2.24) is 0 Å². The van der Waals surface area contributed by atoms with Gasteiger partial charge in [-0.1, -0.05) is 200 Å². The van der Waals surface area contributed by atoms with Gasteiger partial charge in [0.05, 0.1) is 0 Å². The van der Waals surface area contributed by atoms with E-state index < -0.39 is 0 Å². The number of rotatable bonds is 4. The number of benzene rings is 11. The van der Waals surface area contributed by atoms with Crippen LogP contribution < -0.4 is 0 Å². The molecule has 250 valence electrons. The first-order valence-electron chi connectivity index (χ1n) is 18.8. The summed E-state index contributed by atoms with van der Waals surface area (Å²) in [6.07, 6.45) is 0. The first kappa shape index (κ1) is 30.6. The third-order valence-corrected chi connectivity index (χ3v) is 11.4. The fourth-order valence-electron chi connectivity index (χ4n) is 9.14. The number of hydrogen-bond donors (Lipinski definition) is 0. The van der Waals surface area contributed by atoms with Gasteiger partial charge in [0.15, 0.2) is 0 Å². The van der Waals surface area contributed by atoms with Crippen LogP contribution in [0.2, 0.25) is 0 Å². The van der Waals surface area contributed by atoms with Gasteiger partial charge in [-0.25, -0.2) is 0 Å². The minimum atomic E-state index is 1.21. The summed E-state index contributed by atoms with van der Waals surface area (Å²) in [5.74, 6) is 0. The Balaban J connectivity index is 1.27. The fraction of sp³-hybridized carbons (Fsp3) is 0. The summed E-state index contributed by atoms with van der Waals surface area (Å²) >= 11 is 0. The summed E-state index contributed by atoms with van der Waals surface area (Å²) in [5, 5.41) is 15.2. The van der Waals surface area contributed by atoms with Gasteiger partial charge in [0.1, 0.15) is 0 Å². The second-order valence-electron chi connectivity index (χ2n) is 14.3. The Morgan fingerprint density at radius 2 is 0.611 bits per heavy atom. The lowest BCUT2D eigenvalue weighted by Gasteiger charge is -2.23. The van der Waals surface area contributed by atoms with E-state index in [4.69, 9.17) is 0 Å². The summed E-state index contributed by atoms with van der Waals surface area (Å²) in [6, 6.07) is 76.1. The lowest BCUT2D eigenvalue weighted by Crippen LogP contribution is -1.96. The Bertz CT molecular complexity index is 3160. The topological polar surface area (TPSA) is 0 Å². The molecule has 54 heavy (non-hydrogen) atoms. The van der Waals surface area contributed by atoms with Crippen LogP contribution in [0, 0.1) is 0 Å². The fourth-order valence-corrected chi connectivity index (χ4v) is 9.14. The number of fused-ring (bicyclic) bond motifs is 9. The Kier molecular flexibility index (Phi) is 6.97. The summed E-state index contributed by atoms with van der Waals surface area (Å²) in [5.41, 5.74) is 9.95. The third kappa shape index (κ3) is 4.64. The highest BCUT2D eigenvalue weighted by atomic mass is 14.3. The second-order valence-corrected chi connectivity index (χ2v) is 14.3. The van der Waals surface area contributed by atoms with Crippen molar-refractivity contribution in [2.45, 2.75) is 0 Å². The van der Waals surface area contributed by atoms with E-state index in [9.17, 15) is 0 Å². The Morgan fingerprint density at radius 3 is 1.24 bits per heavy atom. The molecule has 11 rings (SSSR count). The van der Waals surface area contributed by atoms with Crippen LogP contribution in [0.25, 0.3) is 109 Å². The van der Waals surface area contributed by atoms with Crippen LogP contribution in [0.4, 0.5) is 0 Å². The third-order valence-electron chi connectivity index (χ3n) is 11.4. The van der Waals surface area contributed by atoms with Gasteiger partial charge in [-0.05, 0) is 115 Å². The molecule has 0 spiro atoms. The zero-order valence-electron chi connectivity index (χ0n) is 29.6. The van der Waals surface area contributed by atoms with Crippen LogP contribution in [0.5, 0.6) is 0 Å². The normalized spacial score (nSPS) is 11.7. The molecule has 0 aliphatic heterocycles. The SMILES string of the molecule is c1ccc(-c2cccc(-c3cccc4ccccc34)c2-c2c3ccccc3c(-c3ccc4c5ccccc5c5ccccc5c4c3)c3ccccc23)cc1. The summed E-state index contributed by atoms with van der Waals surface area (Å²) < 4.78 is 0. The van der Waals surface area contributed by atoms with E-state index in [1.165, 1.54) is 109 Å². The lowest BCUT2D eigenvalue weighted by molar-refractivity contribution is 1.59. The van der Waals surface area contributed by atoms with Crippen LogP contribution in [0.1, 0.15) is 0 Å². The van der Waals surface area contributed by atoms with E-state index in [0.29, 0.717) is 0 Å². The minimum absolute atomic E-state index is 1.21. The molecule has 0 aromatic heterocycles. The molecule has 0 saturated heterocycles. The first-order chi connectivity index (χ1) is 26.8. The quantitative estimate of drug-likeness (QED) is 0.128. The van der Waals surface area contributed by atoms with E-state index in [2.05, 4.69) is 206 Å². The van der Waals surface area contributed by atoms with Crippen molar-refractivity contribution in [3.8, 4) is 44.5 Å². The van der Waals surface area contributed by atoms with Gasteiger partial charge in [0.2, 0.25) is 0 Å². The molecule has 0 aliphatic carbocycles. The standard InChI is InChI=1S/C54H34/c1-2-16-36(17-3-1)39-29-15-31-46(40-30-14-19-35-18-4-5-20-38(35)40)53(39)54-49-27-12-10-25-47(49)52(48-26-11-13-28-50(48)54)37-32-33-45-43-23-7-6-21-41(43)42-22-8-9-24-44(42)51(45)34-37/h1-34H. The van der Waals surface area contributed by atoms with Gasteiger partial charge in [0.25, 0.3) is 0 Å². The molecule has 0 bridgehead atoms. The van der Waals surface area contributed by atoms with Gasteiger partial charge in [0, 0.05) is 0 Å². The molecule has 0 radical (unpaired) electrons. The first-order valence-corrected chi connectivity index (χ1v) is 18.8. The van der Waals surface area contributed by atoms with Gasteiger partial charge in [-0.2, -0.15) is 0 Å². The maximum absolute atomic E-state index is 2.44. The van der Waals surface area contributed by atoms with E-state index in [1.54, 1.807) is 0 Å². The van der Waals surface area contributed by atoms with Crippen molar-refractivity contribution >= 4 is 64.6 Å². The predicted octanol–water partition coefficient (Wildman–Crippen LogP) is 15.3. The molecule has 0 nitrogen and oxygen atoms in total. The zero-order chi connectivity index (χ0) is 35.6. The molecule has 0 N–H and O–H groups in total. The van der Waals surface area contributed by atoms with E-state index >= 15 is 0 Å². The van der Waals surface area contributed by atoms with Crippen LogP contribution in [-0.4, -0.2) is 0 Å². The van der Waals surface area contributed by atoms with Gasteiger partial charge >= 0.3 is 0 Å². The molecule has 0 aliphatic rings. The van der Waals surface area contributed by atoms with E-state index in [0.717, 1.165) is 0 Å². The van der Waals surface area contributed by atoms with Crippen molar-refractivity contribution in [2.75, 3.05) is 0 Å². The molecule has 0 heterocycles. The Hall–Kier alpha value is -7.02. The highest BCUT2D eigenvalue weighted by Gasteiger charge is 2.23. The summed E-state index contributed by atoms with van der Waals surface area (Å²) in [6.45, 7) is 0. The largest absolute Gasteiger partial charge is 0.0622 e. The Morgan fingerprint density at radius 1 is 0.185 bits per heavy atom. The molecule has 0 unspecified atom stereocenters. The molecule has 0 heteroatoms. The van der Waals surface area contributed by atoms with Crippen LogP contribution in [-0.2, 0) is 0 Å². The zero-order valence-corrected chi connectivity index (χ0v) is 29.6. The number of hydrogen-bond acceptors (Lipinski definition) is 0. The van der Waals surface area contributed by atoms with Crippen LogP contribution in [0.3, 0.4) is 0 Å². The molecule has 11 aromatic rings. The molecular formula is C54H34. The van der Waals surface area contributed by atoms with E-state index in [1.807, 2.05) is 0 Å². The average Bonchev–Trinajstić information content (AvgIpc) is 3.25. The summed E-state index contributed by atoms with van der Waals surface area (Å²) in [7, 11) is 0. The maximum atomic E-state index is 2.44. The van der Waals surface area contributed by atoms with Crippen molar-refractivity contribution in [2.24, 2.45) is 0 Å². The minimum Gasteiger partial charge on any atom is -0.0622 e. The van der Waals surface area contributed by atoms with Gasteiger partial charge in [-0.3, -0.25) is 0 Å². The maximum Gasteiger partial charge on any atom is -0.00139 e. The smallest absolute Gasteiger partial charge is 0.00139 e. The second kappa shape index (κ2) is 12.3. The van der Waals surface area contributed by atoms with E-state index in [-0.39, 0.29) is 0 Å². The predicted molar refractivity (Wildman–Crippen MR) is 233 cm³/mol. The van der Waals surface area contributed by atoms with Crippen molar-refractivity contribution in [3.63, 3.8) is 0 Å². The monoisotopic (exact) mass is 682 g/mol. The Labute approximate surface area is 314 Å². The van der Waals surface area contributed by atoms with Gasteiger partial charge in [-0.15, -0.1) is 0 Å². The molecule has 11 aromatic carbocycles. The molecule has 0 fully saturated rings. The average molecular weight is 683 g/mol. The van der Waals surface area contributed by atoms with Crippen molar-refractivity contribution in [3.05, 3.63) is 206 Å². The van der Waals surface area contributed by atoms with Gasteiger partial charge < -0.3 is 0 Å². The highest BCUT2D eigenvalue weighted by Crippen LogP contribution is 2.50. The van der Waals surface area contributed by atoms with Crippen molar-refractivity contribution < 1.29 is 0 Å². The molecule has 0 saturated carbocycles. The summed E-state index contributed by atoms with van der Waals surface area (Å²) in [4.78, 5) is 0. The highest BCUT2D eigenvalue weighted by molar-refractivity contribution is 6.28.